The van der Waals surface area contributed by atoms with Crippen LogP contribution in [0.5, 0.6) is 5.75 Å². The number of aromatic carboxylic acids is 1. The highest BCUT2D eigenvalue weighted by Gasteiger charge is 2.14. The minimum atomic E-state index is -1.13. The predicted molar refractivity (Wildman–Crippen MR) is 65.9 cm³/mol. The molecule has 0 saturated heterocycles. The van der Waals surface area contributed by atoms with Crippen LogP contribution in [-0.4, -0.2) is 11.1 Å². The SMILES string of the molecule is Cc1ccc(C#N)cc1OCc1ccoc1C(=O)O. The molecule has 0 bridgehead atoms. The number of rotatable bonds is 4. The van der Waals surface area contributed by atoms with Crippen molar-refractivity contribution in [2.45, 2.75) is 13.5 Å². The van der Waals surface area contributed by atoms with Crippen molar-refractivity contribution < 1.29 is 19.1 Å². The van der Waals surface area contributed by atoms with Crippen LogP contribution in [0.4, 0.5) is 0 Å². The van der Waals surface area contributed by atoms with Gasteiger partial charge in [0, 0.05) is 5.56 Å². The Morgan fingerprint density at radius 3 is 2.95 bits per heavy atom. The molecule has 0 spiro atoms. The molecule has 0 amide bonds. The Labute approximate surface area is 109 Å². The highest BCUT2D eigenvalue weighted by molar-refractivity contribution is 5.86. The van der Waals surface area contributed by atoms with Gasteiger partial charge in [0.15, 0.2) is 0 Å². The maximum atomic E-state index is 10.9. The number of hydrogen-bond acceptors (Lipinski definition) is 4. The fourth-order valence-corrected chi connectivity index (χ4v) is 1.62. The molecule has 1 heterocycles. The fourth-order valence-electron chi connectivity index (χ4n) is 1.62. The van der Waals surface area contributed by atoms with E-state index >= 15 is 0 Å². The largest absolute Gasteiger partial charge is 0.488 e. The Bertz CT molecular complexity index is 652. The summed E-state index contributed by atoms with van der Waals surface area (Å²) in [6, 6.07) is 8.67. The average molecular weight is 257 g/mol. The van der Waals surface area contributed by atoms with Gasteiger partial charge in [-0.05, 0) is 30.7 Å². The van der Waals surface area contributed by atoms with E-state index < -0.39 is 5.97 Å². The van der Waals surface area contributed by atoms with Crippen LogP contribution in [0.15, 0.2) is 34.9 Å². The highest BCUT2D eigenvalue weighted by atomic mass is 16.5. The molecule has 0 atom stereocenters. The van der Waals surface area contributed by atoms with Gasteiger partial charge in [-0.25, -0.2) is 4.79 Å². The molecule has 2 aromatic rings. The van der Waals surface area contributed by atoms with E-state index in [1.165, 1.54) is 6.26 Å². The van der Waals surface area contributed by atoms with Gasteiger partial charge in [-0.2, -0.15) is 5.26 Å². The Hall–Kier alpha value is -2.74. The van der Waals surface area contributed by atoms with E-state index in [0.29, 0.717) is 16.9 Å². The van der Waals surface area contributed by atoms with Gasteiger partial charge in [-0.3, -0.25) is 0 Å². The molecule has 0 fully saturated rings. The van der Waals surface area contributed by atoms with Crippen LogP contribution in [0.2, 0.25) is 0 Å². The van der Waals surface area contributed by atoms with E-state index in [4.69, 9.17) is 19.5 Å². The Kier molecular flexibility index (Phi) is 3.53. The number of carbonyl (C=O) groups is 1. The number of nitrogens with zero attached hydrogens (tertiary/aromatic N) is 1. The second-order valence-electron chi connectivity index (χ2n) is 3.96. The topological polar surface area (TPSA) is 83.5 Å². The molecule has 5 nitrogen and oxygen atoms in total. The summed E-state index contributed by atoms with van der Waals surface area (Å²) in [6.45, 7) is 1.93. The van der Waals surface area contributed by atoms with E-state index in [9.17, 15) is 4.79 Å². The van der Waals surface area contributed by atoms with Gasteiger partial charge in [-0.15, -0.1) is 0 Å². The van der Waals surface area contributed by atoms with E-state index in [-0.39, 0.29) is 12.4 Å². The first kappa shape index (κ1) is 12.7. The number of nitriles is 1. The Morgan fingerprint density at radius 1 is 1.47 bits per heavy atom. The summed E-state index contributed by atoms with van der Waals surface area (Å²) in [5.41, 5.74) is 1.82. The maximum Gasteiger partial charge on any atom is 0.372 e. The lowest BCUT2D eigenvalue weighted by Gasteiger charge is -2.08. The zero-order valence-corrected chi connectivity index (χ0v) is 10.2. The number of hydrogen-bond donors (Lipinski definition) is 1. The second-order valence-corrected chi connectivity index (χ2v) is 3.96. The number of furan rings is 1. The third-order valence-electron chi connectivity index (χ3n) is 2.64. The van der Waals surface area contributed by atoms with Gasteiger partial charge in [0.05, 0.1) is 17.9 Å². The van der Waals surface area contributed by atoms with Gasteiger partial charge in [-0.1, -0.05) is 6.07 Å². The predicted octanol–water partition coefficient (Wildman–Crippen LogP) is 2.74. The van der Waals surface area contributed by atoms with E-state index in [2.05, 4.69) is 0 Å². The van der Waals surface area contributed by atoms with Crippen LogP contribution in [0, 0.1) is 18.3 Å². The third kappa shape index (κ3) is 2.75. The lowest BCUT2D eigenvalue weighted by molar-refractivity contribution is 0.0658. The lowest BCUT2D eigenvalue weighted by Crippen LogP contribution is -2.03. The molecule has 1 N–H and O–H groups in total. The van der Waals surface area contributed by atoms with Crippen molar-refractivity contribution in [2.24, 2.45) is 0 Å². The normalized spacial score (nSPS) is 9.89. The molecular weight excluding hydrogens is 246 g/mol. The quantitative estimate of drug-likeness (QED) is 0.910. The van der Waals surface area contributed by atoms with E-state index in [1.54, 1.807) is 24.3 Å². The van der Waals surface area contributed by atoms with Crippen LogP contribution in [-0.2, 0) is 6.61 Å². The van der Waals surface area contributed by atoms with Crippen molar-refractivity contribution in [1.29, 1.82) is 5.26 Å². The number of carboxylic acid groups (broad SMARTS) is 1. The van der Waals surface area contributed by atoms with Gasteiger partial charge in [0.2, 0.25) is 5.76 Å². The zero-order chi connectivity index (χ0) is 13.8. The molecule has 96 valence electrons. The lowest BCUT2D eigenvalue weighted by atomic mass is 10.1. The minimum absolute atomic E-state index is 0.0772. The van der Waals surface area contributed by atoms with Crippen molar-refractivity contribution in [2.75, 3.05) is 0 Å². The van der Waals surface area contributed by atoms with Crippen LogP contribution in [0.3, 0.4) is 0 Å². The molecular formula is C14H11NO4. The summed E-state index contributed by atoms with van der Waals surface area (Å²) >= 11 is 0. The number of carboxylic acids is 1. The monoisotopic (exact) mass is 257 g/mol. The molecule has 0 radical (unpaired) electrons. The van der Waals surface area contributed by atoms with Gasteiger partial charge in [0.1, 0.15) is 12.4 Å². The first-order valence-electron chi connectivity index (χ1n) is 5.55. The van der Waals surface area contributed by atoms with Crippen molar-refractivity contribution >= 4 is 5.97 Å². The Morgan fingerprint density at radius 2 is 2.26 bits per heavy atom. The minimum Gasteiger partial charge on any atom is -0.488 e. The van der Waals surface area contributed by atoms with E-state index in [0.717, 1.165) is 5.56 Å². The molecule has 0 aliphatic carbocycles. The van der Waals surface area contributed by atoms with Gasteiger partial charge in [0.25, 0.3) is 0 Å². The average Bonchev–Trinajstić information content (AvgIpc) is 2.86. The molecule has 2 rings (SSSR count). The smallest absolute Gasteiger partial charge is 0.372 e. The molecule has 1 aromatic heterocycles. The molecule has 0 saturated carbocycles. The molecule has 5 heteroatoms. The molecule has 19 heavy (non-hydrogen) atoms. The first-order chi connectivity index (χ1) is 9.11. The van der Waals surface area contributed by atoms with Gasteiger partial charge < -0.3 is 14.3 Å². The summed E-state index contributed by atoms with van der Waals surface area (Å²) < 4.78 is 10.4. The zero-order valence-electron chi connectivity index (χ0n) is 10.2. The van der Waals surface area contributed by atoms with Crippen molar-refractivity contribution in [3.05, 3.63) is 53.0 Å². The van der Waals surface area contributed by atoms with Crippen molar-refractivity contribution in [1.82, 2.24) is 0 Å². The van der Waals surface area contributed by atoms with Crippen LogP contribution in [0.1, 0.15) is 27.2 Å². The summed E-state index contributed by atoms with van der Waals surface area (Å²) in [5, 5.41) is 17.7. The van der Waals surface area contributed by atoms with Crippen LogP contribution < -0.4 is 4.74 Å². The number of aryl methyl sites for hydroxylation is 1. The summed E-state index contributed by atoms with van der Waals surface area (Å²) in [4.78, 5) is 10.9. The van der Waals surface area contributed by atoms with E-state index in [1.807, 2.05) is 13.0 Å². The number of ether oxygens (including phenoxy) is 1. The van der Waals surface area contributed by atoms with Gasteiger partial charge >= 0.3 is 5.97 Å². The second kappa shape index (κ2) is 5.27. The third-order valence-corrected chi connectivity index (χ3v) is 2.64. The molecule has 0 unspecified atom stereocenters. The summed E-state index contributed by atoms with van der Waals surface area (Å²) in [7, 11) is 0. The maximum absolute atomic E-state index is 10.9. The highest BCUT2D eigenvalue weighted by Crippen LogP contribution is 2.21. The van der Waals surface area contributed by atoms with Crippen LogP contribution in [0.25, 0.3) is 0 Å². The van der Waals surface area contributed by atoms with Crippen molar-refractivity contribution in [3.8, 4) is 11.8 Å². The Balaban J connectivity index is 2.17. The first-order valence-corrected chi connectivity index (χ1v) is 5.55. The summed E-state index contributed by atoms with van der Waals surface area (Å²) in [5.74, 6) is -0.711. The molecule has 0 aliphatic heterocycles. The standard InChI is InChI=1S/C14H11NO4/c1-9-2-3-10(7-15)6-12(9)19-8-11-4-5-18-13(11)14(16)17/h2-6H,8H2,1H3,(H,16,17). The number of benzene rings is 1. The molecule has 1 aromatic carbocycles. The fraction of sp³-hybridized carbons (Fsp3) is 0.143. The van der Waals surface area contributed by atoms with Crippen LogP contribution >= 0.6 is 0 Å². The summed E-state index contributed by atoms with van der Waals surface area (Å²) in [6.07, 6.45) is 1.31. The van der Waals surface area contributed by atoms with Crippen molar-refractivity contribution in [3.63, 3.8) is 0 Å². The molecule has 0 aliphatic rings.